The third kappa shape index (κ3) is 6.10. The Morgan fingerprint density at radius 1 is 1.27 bits per heavy atom. The topological polar surface area (TPSA) is 64.7 Å². The van der Waals surface area contributed by atoms with Crippen molar-refractivity contribution in [3.8, 4) is 0 Å². The van der Waals surface area contributed by atoms with Crippen LogP contribution in [-0.2, 0) is 9.47 Å². The average molecular weight is 219 g/mol. The van der Waals surface area contributed by atoms with Gasteiger partial charge in [0.1, 0.15) is 0 Å². The van der Waals surface area contributed by atoms with Gasteiger partial charge in [-0.15, -0.1) is 0 Å². The molecule has 0 saturated heterocycles. The molecule has 0 bridgehead atoms. The molecule has 15 heavy (non-hydrogen) atoms. The van der Waals surface area contributed by atoms with Crippen molar-refractivity contribution in [2.24, 2.45) is 11.1 Å². The van der Waals surface area contributed by atoms with Crippen LogP contribution in [-0.4, -0.2) is 43.7 Å². The monoisotopic (exact) mass is 219 g/mol. The summed E-state index contributed by atoms with van der Waals surface area (Å²) in [6.07, 6.45) is -0.314. The van der Waals surface area contributed by atoms with E-state index in [-0.39, 0.29) is 24.2 Å². The van der Waals surface area contributed by atoms with Crippen molar-refractivity contribution in [2.45, 2.75) is 39.8 Å². The number of ether oxygens (including phenoxy) is 2. The van der Waals surface area contributed by atoms with Gasteiger partial charge in [-0.05, 0) is 12.3 Å². The van der Waals surface area contributed by atoms with E-state index in [4.69, 9.17) is 15.2 Å². The third-order valence-electron chi connectivity index (χ3n) is 2.34. The molecule has 0 aliphatic carbocycles. The average Bonchev–Trinajstić information content (AvgIpc) is 2.16. The highest BCUT2D eigenvalue weighted by Gasteiger charge is 2.29. The lowest BCUT2D eigenvalue weighted by atomic mass is 9.84. The number of nitrogens with two attached hydrogens (primary N) is 1. The molecule has 0 aliphatic heterocycles. The molecular formula is C11H25NO3. The van der Waals surface area contributed by atoms with E-state index in [0.29, 0.717) is 19.8 Å². The Hall–Kier alpha value is -0.160. The minimum Gasteiger partial charge on any atom is -0.394 e. The number of hydrogen-bond donors (Lipinski definition) is 2. The summed E-state index contributed by atoms with van der Waals surface area (Å²) in [6, 6.07) is -0.177. The Kier molecular flexibility index (Phi) is 7.09. The zero-order chi connectivity index (χ0) is 11.9. The van der Waals surface area contributed by atoms with Gasteiger partial charge in [0.2, 0.25) is 0 Å². The fraction of sp³-hybridized carbons (Fsp3) is 1.00. The quantitative estimate of drug-likeness (QED) is 0.621. The molecular weight excluding hydrogens is 194 g/mol. The number of rotatable bonds is 7. The zero-order valence-corrected chi connectivity index (χ0v) is 10.3. The van der Waals surface area contributed by atoms with Crippen LogP contribution >= 0.6 is 0 Å². The van der Waals surface area contributed by atoms with Gasteiger partial charge in [0.15, 0.2) is 0 Å². The SMILES string of the molecule is CCOCCOC(CO)C(N)C(C)(C)C. The molecule has 0 aromatic carbocycles. The van der Waals surface area contributed by atoms with Crippen molar-refractivity contribution < 1.29 is 14.6 Å². The Morgan fingerprint density at radius 2 is 1.87 bits per heavy atom. The molecule has 2 unspecified atom stereocenters. The van der Waals surface area contributed by atoms with Gasteiger partial charge in [0.25, 0.3) is 0 Å². The molecule has 0 rings (SSSR count). The Balaban J connectivity index is 3.91. The lowest BCUT2D eigenvalue weighted by molar-refractivity contribution is -0.0449. The van der Waals surface area contributed by atoms with Crippen molar-refractivity contribution in [1.29, 1.82) is 0 Å². The molecule has 0 aliphatic rings. The Bertz CT molecular complexity index is 156. The largest absolute Gasteiger partial charge is 0.394 e. The van der Waals surface area contributed by atoms with E-state index < -0.39 is 0 Å². The molecule has 3 N–H and O–H groups in total. The maximum Gasteiger partial charge on any atom is 0.0962 e. The second kappa shape index (κ2) is 7.17. The van der Waals surface area contributed by atoms with E-state index in [1.807, 2.05) is 27.7 Å². The van der Waals surface area contributed by atoms with Crippen LogP contribution in [0.5, 0.6) is 0 Å². The standard InChI is InChI=1S/C11H25NO3/c1-5-14-6-7-15-9(8-13)10(12)11(2,3)4/h9-10,13H,5-8,12H2,1-4H3. The van der Waals surface area contributed by atoms with Gasteiger partial charge in [-0.1, -0.05) is 20.8 Å². The summed E-state index contributed by atoms with van der Waals surface area (Å²) in [6.45, 7) is 9.69. The van der Waals surface area contributed by atoms with Gasteiger partial charge < -0.3 is 20.3 Å². The molecule has 2 atom stereocenters. The Morgan fingerprint density at radius 3 is 2.27 bits per heavy atom. The number of hydrogen-bond acceptors (Lipinski definition) is 4. The van der Waals surface area contributed by atoms with Crippen molar-refractivity contribution in [3.63, 3.8) is 0 Å². The van der Waals surface area contributed by atoms with E-state index >= 15 is 0 Å². The second-order valence-electron chi connectivity index (χ2n) is 4.68. The van der Waals surface area contributed by atoms with Crippen molar-refractivity contribution in [1.82, 2.24) is 0 Å². The van der Waals surface area contributed by atoms with Crippen LogP contribution in [0.25, 0.3) is 0 Å². The normalized spacial score (nSPS) is 16.4. The van der Waals surface area contributed by atoms with Crippen LogP contribution < -0.4 is 5.73 Å². The maximum atomic E-state index is 9.17. The maximum absolute atomic E-state index is 9.17. The van der Waals surface area contributed by atoms with Crippen LogP contribution in [0.15, 0.2) is 0 Å². The van der Waals surface area contributed by atoms with Crippen molar-refractivity contribution in [3.05, 3.63) is 0 Å². The molecule has 0 amide bonds. The summed E-state index contributed by atoms with van der Waals surface area (Å²) < 4.78 is 10.6. The molecule has 0 aromatic heterocycles. The second-order valence-corrected chi connectivity index (χ2v) is 4.68. The van der Waals surface area contributed by atoms with Crippen molar-refractivity contribution >= 4 is 0 Å². The summed E-state index contributed by atoms with van der Waals surface area (Å²) in [5.41, 5.74) is 5.92. The van der Waals surface area contributed by atoms with Crippen LogP contribution in [0.1, 0.15) is 27.7 Å². The highest BCUT2D eigenvalue weighted by molar-refractivity contribution is 4.84. The van der Waals surface area contributed by atoms with Crippen LogP contribution in [0.3, 0.4) is 0 Å². The Labute approximate surface area is 92.7 Å². The minimum absolute atomic E-state index is 0.0510. The molecule has 0 saturated carbocycles. The van der Waals surface area contributed by atoms with Crippen LogP contribution in [0.2, 0.25) is 0 Å². The first-order valence-corrected chi connectivity index (χ1v) is 5.49. The lowest BCUT2D eigenvalue weighted by Crippen LogP contribution is -2.48. The summed E-state index contributed by atoms with van der Waals surface area (Å²) in [5.74, 6) is 0. The van der Waals surface area contributed by atoms with Gasteiger partial charge in [-0.2, -0.15) is 0 Å². The highest BCUT2D eigenvalue weighted by Crippen LogP contribution is 2.21. The molecule has 4 heteroatoms. The van der Waals surface area contributed by atoms with Gasteiger partial charge in [0, 0.05) is 12.6 Å². The minimum atomic E-state index is -0.314. The van der Waals surface area contributed by atoms with Crippen LogP contribution in [0, 0.1) is 5.41 Å². The van der Waals surface area contributed by atoms with E-state index in [1.165, 1.54) is 0 Å². The molecule has 0 heterocycles. The molecule has 0 aromatic rings. The van der Waals surface area contributed by atoms with E-state index in [2.05, 4.69) is 0 Å². The van der Waals surface area contributed by atoms with E-state index in [0.717, 1.165) is 0 Å². The fourth-order valence-corrected chi connectivity index (χ4v) is 1.23. The third-order valence-corrected chi connectivity index (χ3v) is 2.34. The summed E-state index contributed by atoms with van der Waals surface area (Å²) >= 11 is 0. The first-order chi connectivity index (χ1) is 6.93. The smallest absolute Gasteiger partial charge is 0.0962 e. The predicted molar refractivity (Wildman–Crippen MR) is 60.7 cm³/mol. The van der Waals surface area contributed by atoms with E-state index in [1.54, 1.807) is 0 Å². The van der Waals surface area contributed by atoms with Crippen molar-refractivity contribution in [2.75, 3.05) is 26.4 Å². The fourth-order valence-electron chi connectivity index (χ4n) is 1.23. The summed E-state index contributed by atoms with van der Waals surface area (Å²) in [4.78, 5) is 0. The molecule has 92 valence electrons. The lowest BCUT2D eigenvalue weighted by Gasteiger charge is -2.33. The summed E-state index contributed by atoms with van der Waals surface area (Å²) in [5, 5.41) is 9.17. The first kappa shape index (κ1) is 14.8. The van der Waals surface area contributed by atoms with Crippen LogP contribution in [0.4, 0.5) is 0 Å². The zero-order valence-electron chi connectivity index (χ0n) is 10.3. The summed E-state index contributed by atoms with van der Waals surface area (Å²) in [7, 11) is 0. The predicted octanol–water partition coefficient (Wildman–Crippen LogP) is 0.774. The molecule has 0 fully saturated rings. The molecule has 4 nitrogen and oxygen atoms in total. The van der Waals surface area contributed by atoms with E-state index in [9.17, 15) is 5.11 Å². The number of aliphatic hydroxyl groups excluding tert-OH is 1. The molecule has 0 spiro atoms. The number of aliphatic hydroxyl groups is 1. The first-order valence-electron chi connectivity index (χ1n) is 5.49. The van der Waals surface area contributed by atoms with Gasteiger partial charge in [-0.3, -0.25) is 0 Å². The van der Waals surface area contributed by atoms with Gasteiger partial charge in [0.05, 0.1) is 25.9 Å². The van der Waals surface area contributed by atoms with Gasteiger partial charge >= 0.3 is 0 Å². The van der Waals surface area contributed by atoms with Gasteiger partial charge in [-0.25, -0.2) is 0 Å². The highest BCUT2D eigenvalue weighted by atomic mass is 16.5. The molecule has 0 radical (unpaired) electrons.